The maximum Gasteiger partial charge on any atom is 0.240 e. The summed E-state index contributed by atoms with van der Waals surface area (Å²) in [4.78, 5) is 14.4. The lowest BCUT2D eigenvalue weighted by Gasteiger charge is -2.29. The van der Waals surface area contributed by atoms with Crippen LogP contribution in [0.2, 0.25) is 0 Å². The molecule has 2 aromatic rings. The molecule has 5 nitrogen and oxygen atoms in total. The van der Waals surface area contributed by atoms with Crippen LogP contribution < -0.4 is 19.7 Å². The third-order valence-corrected chi connectivity index (χ3v) is 4.29. The predicted octanol–water partition coefficient (Wildman–Crippen LogP) is 2.64. The van der Waals surface area contributed by atoms with E-state index >= 15 is 0 Å². The van der Waals surface area contributed by atoms with Crippen LogP contribution in [0.15, 0.2) is 48.5 Å². The van der Waals surface area contributed by atoms with Gasteiger partial charge in [-0.05, 0) is 48.7 Å². The van der Waals surface area contributed by atoms with E-state index in [1.165, 1.54) is 5.56 Å². The molecule has 0 unspecified atom stereocenters. The molecule has 2 aromatic carbocycles. The van der Waals surface area contributed by atoms with Crippen LogP contribution in [-0.2, 0) is 11.2 Å². The van der Waals surface area contributed by atoms with Crippen molar-refractivity contribution >= 4 is 11.6 Å². The highest BCUT2D eigenvalue weighted by atomic mass is 16.5. The molecule has 25 heavy (non-hydrogen) atoms. The van der Waals surface area contributed by atoms with Crippen molar-refractivity contribution in [1.82, 2.24) is 5.32 Å². The molecule has 132 valence electrons. The van der Waals surface area contributed by atoms with Gasteiger partial charge in [-0.3, -0.25) is 4.79 Å². The fraction of sp³-hybridized carbons (Fsp3) is 0.350. The summed E-state index contributed by atoms with van der Waals surface area (Å²) >= 11 is 0. The van der Waals surface area contributed by atoms with Gasteiger partial charge in [-0.1, -0.05) is 18.2 Å². The van der Waals surface area contributed by atoms with Gasteiger partial charge >= 0.3 is 0 Å². The summed E-state index contributed by atoms with van der Waals surface area (Å²) in [6.45, 7) is 2.24. The second kappa shape index (κ2) is 8.53. The van der Waals surface area contributed by atoms with Crippen molar-refractivity contribution in [3.63, 3.8) is 0 Å². The Morgan fingerprint density at radius 3 is 2.68 bits per heavy atom. The van der Waals surface area contributed by atoms with Crippen molar-refractivity contribution in [1.29, 1.82) is 0 Å². The molecule has 0 bridgehead atoms. The number of nitrogens with zero attached hydrogens (tertiary/aromatic N) is 1. The van der Waals surface area contributed by atoms with E-state index in [1.54, 1.807) is 7.11 Å². The predicted molar refractivity (Wildman–Crippen MR) is 98.5 cm³/mol. The summed E-state index contributed by atoms with van der Waals surface area (Å²) in [5.74, 6) is 1.70. The van der Waals surface area contributed by atoms with E-state index in [2.05, 4.69) is 11.4 Å². The number of methoxy groups -OCH3 is 1. The second-order valence-electron chi connectivity index (χ2n) is 5.98. The molecule has 1 aliphatic heterocycles. The van der Waals surface area contributed by atoms with E-state index in [9.17, 15) is 4.79 Å². The van der Waals surface area contributed by atoms with E-state index in [-0.39, 0.29) is 5.91 Å². The zero-order chi connectivity index (χ0) is 17.5. The van der Waals surface area contributed by atoms with Crippen LogP contribution in [0.3, 0.4) is 0 Å². The maximum absolute atomic E-state index is 12.5. The molecule has 0 saturated carbocycles. The van der Waals surface area contributed by atoms with Crippen LogP contribution in [0.1, 0.15) is 12.0 Å². The topological polar surface area (TPSA) is 50.8 Å². The van der Waals surface area contributed by atoms with E-state index < -0.39 is 0 Å². The standard InChI is InChI=1S/C20H24N2O3/c1-24-17-8-10-18(11-9-17)25-14-12-21-15-20(23)22-13-4-6-16-5-2-3-7-19(16)22/h2-3,5,7-11,21H,4,6,12-15H2,1H3. The van der Waals surface area contributed by atoms with Gasteiger partial charge in [0.2, 0.25) is 5.91 Å². The average molecular weight is 340 g/mol. The molecule has 0 radical (unpaired) electrons. The number of anilines is 1. The van der Waals surface area contributed by atoms with E-state index in [1.807, 2.05) is 47.4 Å². The lowest BCUT2D eigenvalue weighted by Crippen LogP contribution is -2.41. The first-order chi connectivity index (χ1) is 12.3. The number of para-hydroxylation sites is 1. The summed E-state index contributed by atoms with van der Waals surface area (Å²) in [5.41, 5.74) is 2.31. The highest BCUT2D eigenvalue weighted by molar-refractivity contribution is 5.95. The lowest BCUT2D eigenvalue weighted by molar-refractivity contribution is -0.117. The Labute approximate surface area is 148 Å². The number of hydrogen-bond donors (Lipinski definition) is 1. The maximum atomic E-state index is 12.5. The molecule has 0 atom stereocenters. The molecule has 3 rings (SSSR count). The number of nitrogens with one attached hydrogen (secondary N) is 1. The fourth-order valence-electron chi connectivity index (χ4n) is 3.00. The number of fused-ring (bicyclic) bond motifs is 1. The van der Waals surface area contributed by atoms with Crippen LogP contribution >= 0.6 is 0 Å². The Bertz CT molecular complexity index is 700. The molecular weight excluding hydrogens is 316 g/mol. The summed E-state index contributed by atoms with van der Waals surface area (Å²) in [5, 5.41) is 3.17. The third kappa shape index (κ3) is 4.51. The minimum atomic E-state index is 0.108. The van der Waals surface area contributed by atoms with Gasteiger partial charge in [0.25, 0.3) is 0 Å². The van der Waals surface area contributed by atoms with Gasteiger partial charge in [-0.2, -0.15) is 0 Å². The van der Waals surface area contributed by atoms with E-state index in [0.29, 0.717) is 19.7 Å². The number of rotatable bonds is 7. The molecule has 0 saturated heterocycles. The zero-order valence-electron chi connectivity index (χ0n) is 14.5. The molecular formula is C20H24N2O3. The number of carbonyl (C=O) groups excluding carboxylic acids is 1. The first-order valence-corrected chi connectivity index (χ1v) is 8.64. The SMILES string of the molecule is COc1ccc(OCCNCC(=O)N2CCCc3ccccc32)cc1. The van der Waals surface area contributed by atoms with Gasteiger partial charge in [-0.25, -0.2) is 0 Å². The highest BCUT2D eigenvalue weighted by Crippen LogP contribution is 2.26. The number of aryl methyl sites for hydroxylation is 1. The van der Waals surface area contributed by atoms with Crippen molar-refractivity contribution in [2.45, 2.75) is 12.8 Å². The Morgan fingerprint density at radius 1 is 1.12 bits per heavy atom. The van der Waals surface area contributed by atoms with Crippen LogP contribution in [0.5, 0.6) is 11.5 Å². The molecule has 5 heteroatoms. The Kier molecular flexibility index (Phi) is 5.90. The smallest absolute Gasteiger partial charge is 0.240 e. The van der Waals surface area contributed by atoms with Crippen molar-refractivity contribution < 1.29 is 14.3 Å². The minimum Gasteiger partial charge on any atom is -0.497 e. The van der Waals surface area contributed by atoms with Crippen LogP contribution in [0.25, 0.3) is 0 Å². The molecule has 0 spiro atoms. The number of ether oxygens (including phenoxy) is 2. The van der Waals surface area contributed by atoms with Crippen LogP contribution in [-0.4, -0.2) is 39.3 Å². The minimum absolute atomic E-state index is 0.108. The zero-order valence-corrected chi connectivity index (χ0v) is 14.5. The Morgan fingerprint density at radius 2 is 1.88 bits per heavy atom. The number of amides is 1. The molecule has 0 fully saturated rings. The first kappa shape index (κ1) is 17.3. The summed E-state index contributed by atoms with van der Waals surface area (Å²) in [6.07, 6.45) is 2.06. The largest absolute Gasteiger partial charge is 0.497 e. The first-order valence-electron chi connectivity index (χ1n) is 8.64. The van der Waals surface area contributed by atoms with Crippen molar-refractivity contribution in [3.05, 3.63) is 54.1 Å². The average Bonchev–Trinajstić information content (AvgIpc) is 2.67. The number of hydrogen-bond acceptors (Lipinski definition) is 4. The van der Waals surface area contributed by atoms with Crippen LogP contribution in [0.4, 0.5) is 5.69 Å². The van der Waals surface area contributed by atoms with Gasteiger partial charge in [0.15, 0.2) is 0 Å². The van der Waals surface area contributed by atoms with Gasteiger partial charge in [0, 0.05) is 18.8 Å². The number of carbonyl (C=O) groups is 1. The quantitative estimate of drug-likeness (QED) is 0.787. The molecule has 1 N–H and O–H groups in total. The summed E-state index contributed by atoms with van der Waals surface area (Å²) < 4.78 is 10.8. The highest BCUT2D eigenvalue weighted by Gasteiger charge is 2.21. The van der Waals surface area contributed by atoms with Crippen LogP contribution in [0, 0.1) is 0 Å². The second-order valence-corrected chi connectivity index (χ2v) is 5.98. The fourth-order valence-corrected chi connectivity index (χ4v) is 3.00. The molecule has 0 aliphatic carbocycles. The Balaban J connectivity index is 1.41. The van der Waals surface area contributed by atoms with Crippen molar-refractivity contribution in [2.75, 3.05) is 38.3 Å². The molecule has 0 aromatic heterocycles. The molecule has 1 amide bonds. The normalized spacial score (nSPS) is 13.2. The monoisotopic (exact) mass is 340 g/mol. The molecule has 1 aliphatic rings. The third-order valence-electron chi connectivity index (χ3n) is 4.29. The van der Waals surface area contributed by atoms with E-state index in [0.717, 1.165) is 36.6 Å². The van der Waals surface area contributed by atoms with Gasteiger partial charge < -0.3 is 19.7 Å². The molecule has 1 heterocycles. The van der Waals surface area contributed by atoms with Gasteiger partial charge in [0.1, 0.15) is 18.1 Å². The van der Waals surface area contributed by atoms with Crippen molar-refractivity contribution in [2.24, 2.45) is 0 Å². The van der Waals surface area contributed by atoms with Gasteiger partial charge in [-0.15, -0.1) is 0 Å². The number of benzene rings is 2. The summed E-state index contributed by atoms with van der Waals surface area (Å²) in [7, 11) is 1.64. The van der Waals surface area contributed by atoms with Gasteiger partial charge in [0.05, 0.1) is 13.7 Å². The Hall–Kier alpha value is -2.53. The summed E-state index contributed by atoms with van der Waals surface area (Å²) in [6, 6.07) is 15.6. The van der Waals surface area contributed by atoms with E-state index in [4.69, 9.17) is 9.47 Å². The lowest BCUT2D eigenvalue weighted by atomic mass is 10.0. The van der Waals surface area contributed by atoms with Crippen molar-refractivity contribution in [3.8, 4) is 11.5 Å².